The summed E-state index contributed by atoms with van der Waals surface area (Å²) in [6, 6.07) is 10.8. The molecule has 3 rings (SSSR count). The van der Waals surface area contributed by atoms with Crippen molar-refractivity contribution in [2.45, 2.75) is 26.8 Å². The van der Waals surface area contributed by atoms with Gasteiger partial charge in [-0.3, -0.25) is 0 Å². The van der Waals surface area contributed by atoms with E-state index in [1.165, 1.54) is 17.7 Å². The summed E-state index contributed by atoms with van der Waals surface area (Å²) in [5, 5.41) is 4.57. The van der Waals surface area contributed by atoms with Crippen LogP contribution >= 0.6 is 0 Å². The minimum absolute atomic E-state index is 0.684. The van der Waals surface area contributed by atoms with E-state index in [2.05, 4.69) is 54.3 Å². The molecule has 0 amide bonds. The van der Waals surface area contributed by atoms with E-state index in [0.717, 1.165) is 37.7 Å². The number of nitrogens with zero attached hydrogens (tertiary/aromatic N) is 3. The number of benzene rings is 1. The minimum atomic E-state index is 0.684. The normalized spacial score (nSPS) is 18.3. The fraction of sp³-hybridized carbons (Fsp3) is 0.500. The van der Waals surface area contributed by atoms with Crippen LogP contribution in [-0.2, 0) is 11.3 Å². The van der Waals surface area contributed by atoms with Gasteiger partial charge in [-0.2, -0.15) is 5.10 Å². The molecule has 1 aliphatic heterocycles. The molecule has 0 aliphatic carbocycles. The Morgan fingerprint density at radius 1 is 1.32 bits per heavy atom. The van der Waals surface area contributed by atoms with E-state index in [0.29, 0.717) is 5.92 Å². The van der Waals surface area contributed by atoms with Crippen molar-refractivity contribution < 1.29 is 4.74 Å². The van der Waals surface area contributed by atoms with Crippen LogP contribution in [0.5, 0.6) is 0 Å². The van der Waals surface area contributed by atoms with Gasteiger partial charge < -0.3 is 9.64 Å². The van der Waals surface area contributed by atoms with Gasteiger partial charge in [0, 0.05) is 25.4 Å². The molecule has 0 spiro atoms. The van der Waals surface area contributed by atoms with E-state index in [9.17, 15) is 0 Å². The summed E-state index contributed by atoms with van der Waals surface area (Å²) in [7, 11) is 2.19. The lowest BCUT2D eigenvalue weighted by molar-refractivity contribution is 0.173. The van der Waals surface area contributed by atoms with Crippen LogP contribution in [0, 0.1) is 19.8 Å². The first-order valence-electron chi connectivity index (χ1n) is 8.00. The van der Waals surface area contributed by atoms with Gasteiger partial charge in [-0.05, 0) is 57.0 Å². The molecule has 0 saturated carbocycles. The summed E-state index contributed by atoms with van der Waals surface area (Å²) in [6.07, 6.45) is 1.19. The van der Waals surface area contributed by atoms with E-state index in [1.807, 2.05) is 11.6 Å². The summed E-state index contributed by atoms with van der Waals surface area (Å²) in [6.45, 7) is 8.03. The SMILES string of the molecule is Cc1cc(C)n(-c2cccc(CN(C)C[C@@H]3CCOC3)c2)n1. The summed E-state index contributed by atoms with van der Waals surface area (Å²) in [5.74, 6) is 0.684. The lowest BCUT2D eigenvalue weighted by atomic mass is 10.1. The number of aromatic nitrogens is 2. The minimum Gasteiger partial charge on any atom is -0.381 e. The van der Waals surface area contributed by atoms with Crippen molar-refractivity contribution in [1.29, 1.82) is 0 Å². The molecule has 1 aromatic heterocycles. The topological polar surface area (TPSA) is 30.3 Å². The van der Waals surface area contributed by atoms with E-state index in [-0.39, 0.29) is 0 Å². The second-order valence-electron chi connectivity index (χ2n) is 6.44. The monoisotopic (exact) mass is 299 g/mol. The van der Waals surface area contributed by atoms with Crippen molar-refractivity contribution in [3.63, 3.8) is 0 Å². The van der Waals surface area contributed by atoms with Crippen molar-refractivity contribution in [1.82, 2.24) is 14.7 Å². The van der Waals surface area contributed by atoms with Crippen LogP contribution < -0.4 is 0 Å². The third-order valence-electron chi connectivity index (χ3n) is 4.21. The lowest BCUT2D eigenvalue weighted by Gasteiger charge is -2.20. The standard InChI is InChI=1S/C18H25N3O/c1-14-9-15(2)21(19-14)18-6-4-5-16(10-18)11-20(3)12-17-7-8-22-13-17/h4-6,9-10,17H,7-8,11-13H2,1-3H3/t17-/m0/s1. The molecule has 1 saturated heterocycles. The van der Waals surface area contributed by atoms with Crippen molar-refractivity contribution in [3.8, 4) is 5.69 Å². The van der Waals surface area contributed by atoms with Gasteiger partial charge in [-0.25, -0.2) is 4.68 Å². The predicted molar refractivity (Wildman–Crippen MR) is 88.3 cm³/mol. The van der Waals surface area contributed by atoms with Crippen LogP contribution in [0.3, 0.4) is 0 Å². The second kappa shape index (κ2) is 6.63. The van der Waals surface area contributed by atoms with Crippen molar-refractivity contribution in [2.24, 2.45) is 5.92 Å². The molecule has 4 heteroatoms. The molecule has 1 aromatic carbocycles. The van der Waals surface area contributed by atoms with Gasteiger partial charge in [0.25, 0.3) is 0 Å². The molecule has 2 heterocycles. The fourth-order valence-electron chi connectivity index (χ4n) is 3.22. The zero-order valence-corrected chi connectivity index (χ0v) is 13.7. The highest BCUT2D eigenvalue weighted by Crippen LogP contribution is 2.17. The van der Waals surface area contributed by atoms with Crippen molar-refractivity contribution in [3.05, 3.63) is 47.3 Å². The van der Waals surface area contributed by atoms with Crippen LogP contribution in [0.4, 0.5) is 0 Å². The predicted octanol–water partition coefficient (Wildman–Crippen LogP) is 2.96. The fourth-order valence-corrected chi connectivity index (χ4v) is 3.22. The van der Waals surface area contributed by atoms with E-state index in [4.69, 9.17) is 4.74 Å². The Balaban J connectivity index is 1.69. The molecule has 0 radical (unpaired) electrons. The van der Waals surface area contributed by atoms with Gasteiger partial charge in [-0.15, -0.1) is 0 Å². The van der Waals surface area contributed by atoms with Crippen LogP contribution in [0.1, 0.15) is 23.4 Å². The van der Waals surface area contributed by atoms with Gasteiger partial charge in [0.15, 0.2) is 0 Å². The van der Waals surface area contributed by atoms with Crippen LogP contribution in [0.15, 0.2) is 30.3 Å². The zero-order chi connectivity index (χ0) is 15.5. The third-order valence-corrected chi connectivity index (χ3v) is 4.21. The van der Waals surface area contributed by atoms with Gasteiger partial charge >= 0.3 is 0 Å². The first kappa shape index (κ1) is 15.3. The van der Waals surface area contributed by atoms with Gasteiger partial charge in [0.05, 0.1) is 18.0 Å². The Bertz CT molecular complexity index is 629. The maximum Gasteiger partial charge on any atom is 0.0651 e. The highest BCUT2D eigenvalue weighted by Gasteiger charge is 2.17. The zero-order valence-electron chi connectivity index (χ0n) is 13.7. The smallest absolute Gasteiger partial charge is 0.0651 e. The highest BCUT2D eigenvalue weighted by molar-refractivity contribution is 5.37. The third kappa shape index (κ3) is 3.57. The van der Waals surface area contributed by atoms with Gasteiger partial charge in [0.1, 0.15) is 0 Å². The molecular weight excluding hydrogens is 274 g/mol. The molecule has 118 valence electrons. The average Bonchev–Trinajstić information content (AvgIpc) is 3.08. The van der Waals surface area contributed by atoms with E-state index in [1.54, 1.807) is 0 Å². The average molecular weight is 299 g/mol. The number of ether oxygens (including phenoxy) is 1. The molecule has 4 nitrogen and oxygen atoms in total. The number of aryl methyl sites for hydroxylation is 2. The first-order chi connectivity index (χ1) is 10.6. The summed E-state index contributed by atoms with van der Waals surface area (Å²) in [5.41, 5.74) is 4.69. The molecule has 22 heavy (non-hydrogen) atoms. The summed E-state index contributed by atoms with van der Waals surface area (Å²) in [4.78, 5) is 2.39. The van der Waals surface area contributed by atoms with Crippen molar-refractivity contribution in [2.75, 3.05) is 26.8 Å². The lowest BCUT2D eigenvalue weighted by Crippen LogP contribution is -2.25. The highest BCUT2D eigenvalue weighted by atomic mass is 16.5. The number of hydrogen-bond donors (Lipinski definition) is 0. The van der Waals surface area contributed by atoms with Crippen LogP contribution in [-0.4, -0.2) is 41.5 Å². The maximum atomic E-state index is 5.46. The number of rotatable bonds is 5. The van der Waals surface area contributed by atoms with Crippen molar-refractivity contribution >= 4 is 0 Å². The molecule has 2 aromatic rings. The molecular formula is C18H25N3O. The largest absolute Gasteiger partial charge is 0.381 e. The van der Waals surface area contributed by atoms with Gasteiger partial charge in [-0.1, -0.05) is 12.1 Å². The summed E-state index contributed by atoms with van der Waals surface area (Å²) >= 11 is 0. The second-order valence-corrected chi connectivity index (χ2v) is 6.44. The maximum absolute atomic E-state index is 5.46. The quantitative estimate of drug-likeness (QED) is 0.850. The Hall–Kier alpha value is -1.65. The Kier molecular flexibility index (Phi) is 4.60. The van der Waals surface area contributed by atoms with Crippen LogP contribution in [0.25, 0.3) is 5.69 Å². The molecule has 0 bridgehead atoms. The molecule has 1 fully saturated rings. The van der Waals surface area contributed by atoms with E-state index < -0.39 is 0 Å². The molecule has 0 N–H and O–H groups in total. The summed E-state index contributed by atoms with van der Waals surface area (Å²) < 4.78 is 7.48. The molecule has 1 aliphatic rings. The molecule has 0 unspecified atom stereocenters. The van der Waals surface area contributed by atoms with Gasteiger partial charge in [0.2, 0.25) is 0 Å². The van der Waals surface area contributed by atoms with E-state index >= 15 is 0 Å². The molecule has 1 atom stereocenters. The Morgan fingerprint density at radius 3 is 2.86 bits per heavy atom. The Morgan fingerprint density at radius 2 is 2.18 bits per heavy atom. The first-order valence-corrected chi connectivity index (χ1v) is 8.00. The number of hydrogen-bond acceptors (Lipinski definition) is 3. The Labute approximate surface area is 132 Å². The van der Waals surface area contributed by atoms with Crippen LogP contribution in [0.2, 0.25) is 0 Å².